The standard InChI is InChI=1S/C28H32FN5O4/c1-20-25(30-31-34(20)23-12-5-4-11-22(23)29)26(35)33-16-18-38-28(19-33)14-8-7-10-21-9-3-6-13-24(21)37-17-15-32(2)27(28)36/h3-6,9,11-13H,7-8,10,14-19H2,1-2H3. The fourth-order valence-corrected chi connectivity index (χ4v) is 5.19. The van der Waals surface area contributed by atoms with Crippen LogP contribution in [0.3, 0.4) is 0 Å². The van der Waals surface area contributed by atoms with E-state index >= 15 is 0 Å². The van der Waals surface area contributed by atoms with Crippen molar-refractivity contribution in [2.75, 3.05) is 39.9 Å². The van der Waals surface area contributed by atoms with E-state index in [9.17, 15) is 14.0 Å². The molecule has 2 aliphatic rings. The van der Waals surface area contributed by atoms with Crippen LogP contribution in [0.25, 0.3) is 5.69 Å². The Hall–Kier alpha value is -3.79. The Morgan fingerprint density at radius 3 is 2.68 bits per heavy atom. The first kappa shape index (κ1) is 25.8. The molecule has 2 amide bonds. The zero-order chi connectivity index (χ0) is 26.7. The highest BCUT2D eigenvalue weighted by molar-refractivity contribution is 5.94. The molecule has 3 aromatic rings. The molecule has 5 rings (SSSR count). The van der Waals surface area contributed by atoms with Gasteiger partial charge in [0.05, 0.1) is 25.4 Å². The molecule has 1 saturated heterocycles. The average molecular weight is 522 g/mol. The van der Waals surface area contributed by atoms with Gasteiger partial charge in [0.25, 0.3) is 11.8 Å². The van der Waals surface area contributed by atoms with Crippen LogP contribution in [0.1, 0.15) is 41.0 Å². The van der Waals surface area contributed by atoms with E-state index in [4.69, 9.17) is 9.47 Å². The molecule has 1 unspecified atom stereocenters. The number of fused-ring (bicyclic) bond motifs is 1. The molecule has 1 atom stereocenters. The molecule has 0 aliphatic carbocycles. The highest BCUT2D eigenvalue weighted by Crippen LogP contribution is 2.30. The van der Waals surface area contributed by atoms with Gasteiger partial charge in [-0.2, -0.15) is 0 Å². The lowest BCUT2D eigenvalue weighted by atomic mass is 9.91. The quantitative estimate of drug-likeness (QED) is 0.515. The number of rotatable bonds is 2. The van der Waals surface area contributed by atoms with E-state index in [2.05, 4.69) is 16.4 Å². The number of halogens is 1. The summed E-state index contributed by atoms with van der Waals surface area (Å²) in [5.74, 6) is -0.128. The van der Waals surface area contributed by atoms with Gasteiger partial charge in [-0.25, -0.2) is 9.07 Å². The first-order valence-corrected chi connectivity index (χ1v) is 13.0. The third-order valence-electron chi connectivity index (χ3n) is 7.32. The summed E-state index contributed by atoms with van der Waals surface area (Å²) >= 11 is 0. The van der Waals surface area contributed by atoms with Gasteiger partial charge >= 0.3 is 0 Å². The van der Waals surface area contributed by atoms with Crippen LogP contribution < -0.4 is 4.74 Å². The fraction of sp³-hybridized carbons (Fsp3) is 0.429. The zero-order valence-corrected chi connectivity index (χ0v) is 21.7. The molecule has 200 valence electrons. The van der Waals surface area contributed by atoms with E-state index in [-0.39, 0.29) is 36.3 Å². The van der Waals surface area contributed by atoms with Crippen molar-refractivity contribution < 1.29 is 23.5 Å². The van der Waals surface area contributed by atoms with Crippen LogP contribution in [0.5, 0.6) is 5.75 Å². The lowest BCUT2D eigenvalue weighted by molar-refractivity contribution is -0.169. The third kappa shape index (κ3) is 5.00. The number of aromatic nitrogens is 3. The Balaban J connectivity index is 1.37. The molecule has 0 bridgehead atoms. The number of carbonyl (C=O) groups excluding carboxylic acids is 2. The molecule has 2 aromatic carbocycles. The van der Waals surface area contributed by atoms with Crippen LogP contribution in [0, 0.1) is 12.7 Å². The number of hydrogen-bond donors (Lipinski definition) is 0. The van der Waals surface area contributed by atoms with Gasteiger partial charge in [-0.05, 0) is 56.4 Å². The molecular formula is C28H32FN5O4. The molecular weight excluding hydrogens is 489 g/mol. The average Bonchev–Trinajstić information content (AvgIpc) is 3.31. The van der Waals surface area contributed by atoms with Gasteiger partial charge in [-0.3, -0.25) is 9.59 Å². The fourth-order valence-electron chi connectivity index (χ4n) is 5.19. The molecule has 1 fully saturated rings. The summed E-state index contributed by atoms with van der Waals surface area (Å²) in [5, 5.41) is 8.12. The predicted molar refractivity (Wildman–Crippen MR) is 138 cm³/mol. The van der Waals surface area contributed by atoms with Crippen LogP contribution in [0.2, 0.25) is 0 Å². The number of likely N-dealkylation sites (N-methyl/N-ethyl adjacent to an activating group) is 1. The summed E-state index contributed by atoms with van der Waals surface area (Å²) in [5.41, 5.74) is 0.764. The number of para-hydroxylation sites is 2. The molecule has 0 saturated carbocycles. The van der Waals surface area contributed by atoms with Gasteiger partial charge in [0.1, 0.15) is 23.9 Å². The summed E-state index contributed by atoms with van der Waals surface area (Å²) < 4.78 is 27.9. The van der Waals surface area contributed by atoms with Gasteiger partial charge in [-0.15, -0.1) is 5.10 Å². The Bertz CT molecular complexity index is 1330. The highest BCUT2D eigenvalue weighted by Gasteiger charge is 2.46. The zero-order valence-electron chi connectivity index (χ0n) is 21.7. The van der Waals surface area contributed by atoms with Gasteiger partial charge < -0.3 is 19.3 Å². The predicted octanol–water partition coefficient (Wildman–Crippen LogP) is 3.19. The number of nitrogens with zero attached hydrogens (tertiary/aromatic N) is 5. The number of aryl methyl sites for hydroxylation is 1. The third-order valence-corrected chi connectivity index (χ3v) is 7.32. The van der Waals surface area contributed by atoms with Crippen molar-refractivity contribution in [3.63, 3.8) is 0 Å². The largest absolute Gasteiger partial charge is 0.491 e. The van der Waals surface area contributed by atoms with Crippen molar-refractivity contribution in [1.82, 2.24) is 24.8 Å². The van der Waals surface area contributed by atoms with Crippen LogP contribution in [0.15, 0.2) is 48.5 Å². The molecule has 0 radical (unpaired) electrons. The van der Waals surface area contributed by atoms with Crippen LogP contribution >= 0.6 is 0 Å². The number of ether oxygens (including phenoxy) is 2. The van der Waals surface area contributed by atoms with Crippen molar-refractivity contribution in [3.8, 4) is 11.4 Å². The van der Waals surface area contributed by atoms with E-state index in [0.29, 0.717) is 31.8 Å². The van der Waals surface area contributed by atoms with E-state index in [0.717, 1.165) is 30.6 Å². The topological polar surface area (TPSA) is 89.8 Å². The van der Waals surface area contributed by atoms with Gasteiger partial charge in [0.2, 0.25) is 0 Å². The van der Waals surface area contributed by atoms with Gasteiger partial charge in [0, 0.05) is 13.6 Å². The second kappa shape index (κ2) is 10.9. The molecule has 2 aliphatic heterocycles. The van der Waals surface area contributed by atoms with E-state index in [1.807, 2.05) is 18.2 Å². The second-order valence-electron chi connectivity index (χ2n) is 9.85. The maximum atomic E-state index is 14.4. The first-order chi connectivity index (χ1) is 18.4. The lowest BCUT2D eigenvalue weighted by Crippen LogP contribution is -2.61. The van der Waals surface area contributed by atoms with Gasteiger partial charge in [0.15, 0.2) is 11.3 Å². The molecule has 9 nitrogen and oxygen atoms in total. The summed E-state index contributed by atoms with van der Waals surface area (Å²) in [7, 11) is 1.74. The van der Waals surface area contributed by atoms with Crippen molar-refractivity contribution >= 4 is 11.8 Å². The minimum Gasteiger partial charge on any atom is -0.491 e. The van der Waals surface area contributed by atoms with E-state index in [1.165, 1.54) is 10.7 Å². The Morgan fingerprint density at radius 2 is 1.84 bits per heavy atom. The summed E-state index contributed by atoms with van der Waals surface area (Å²) in [6, 6.07) is 14.2. The molecule has 38 heavy (non-hydrogen) atoms. The smallest absolute Gasteiger partial charge is 0.276 e. The molecule has 10 heteroatoms. The minimum absolute atomic E-state index is 0.110. The first-order valence-electron chi connectivity index (χ1n) is 13.0. The Kier molecular flexibility index (Phi) is 7.42. The monoisotopic (exact) mass is 521 g/mol. The Morgan fingerprint density at radius 1 is 1.05 bits per heavy atom. The second-order valence-corrected chi connectivity index (χ2v) is 9.85. The Labute approximate surface area is 221 Å². The maximum Gasteiger partial charge on any atom is 0.276 e. The number of hydrogen-bond acceptors (Lipinski definition) is 6. The summed E-state index contributed by atoms with van der Waals surface area (Å²) in [4.78, 5) is 30.5. The molecule has 3 heterocycles. The van der Waals surface area contributed by atoms with Crippen LogP contribution in [-0.2, 0) is 16.0 Å². The lowest BCUT2D eigenvalue weighted by Gasteiger charge is -2.43. The van der Waals surface area contributed by atoms with Crippen molar-refractivity contribution in [2.24, 2.45) is 0 Å². The van der Waals surface area contributed by atoms with Crippen LogP contribution in [0.4, 0.5) is 4.39 Å². The van der Waals surface area contributed by atoms with E-state index < -0.39 is 11.4 Å². The number of amides is 2. The normalized spacial score (nSPS) is 20.9. The van der Waals surface area contributed by atoms with Gasteiger partial charge in [-0.1, -0.05) is 35.5 Å². The molecule has 0 N–H and O–H groups in total. The summed E-state index contributed by atoms with van der Waals surface area (Å²) in [6.45, 7) is 3.09. The minimum atomic E-state index is -1.16. The number of carbonyl (C=O) groups is 2. The molecule has 1 spiro atoms. The van der Waals surface area contributed by atoms with Crippen molar-refractivity contribution in [1.29, 1.82) is 0 Å². The van der Waals surface area contributed by atoms with E-state index in [1.54, 1.807) is 42.0 Å². The van der Waals surface area contributed by atoms with Crippen molar-refractivity contribution in [2.45, 2.75) is 38.2 Å². The van der Waals surface area contributed by atoms with Crippen molar-refractivity contribution in [3.05, 3.63) is 71.3 Å². The number of benzene rings is 2. The molecule has 1 aromatic heterocycles. The number of morpholine rings is 1. The SMILES string of the molecule is Cc1c(C(=O)N2CCOC3(CCCCc4ccccc4OCCN(C)C3=O)C2)nnn1-c1ccccc1F. The summed E-state index contributed by atoms with van der Waals surface area (Å²) in [6.07, 6.45) is 2.92. The maximum absolute atomic E-state index is 14.4. The highest BCUT2D eigenvalue weighted by atomic mass is 19.1. The van der Waals surface area contributed by atoms with Crippen LogP contribution in [-0.4, -0.2) is 82.1 Å².